The van der Waals surface area contributed by atoms with Crippen molar-refractivity contribution in [1.29, 1.82) is 0 Å². The molecule has 0 saturated carbocycles. The second-order valence-corrected chi connectivity index (χ2v) is 13.2. The maximum atomic E-state index is 14.3. The maximum Gasteiger partial charge on any atom is 0.265 e. The Morgan fingerprint density at radius 3 is 1.48 bits per heavy atom. The van der Waals surface area contributed by atoms with Crippen LogP contribution in [0.25, 0.3) is 16.3 Å². The minimum absolute atomic E-state index is 0.266. The fraction of sp³-hybridized carbons (Fsp3) is 0.0667. The highest BCUT2D eigenvalue weighted by molar-refractivity contribution is 6.42. The van der Waals surface area contributed by atoms with Gasteiger partial charge in [-0.05, 0) is 83.3 Å². The van der Waals surface area contributed by atoms with Crippen LogP contribution in [0.5, 0.6) is 0 Å². The lowest BCUT2D eigenvalue weighted by Crippen LogP contribution is -2.43. The number of carbonyl (C=O) groups excluding carboxylic acids is 4. The summed E-state index contributed by atoms with van der Waals surface area (Å²) in [5.74, 6) is -2.02. The summed E-state index contributed by atoms with van der Waals surface area (Å²) >= 11 is 0. The number of anilines is 3. The standard InChI is InChI=1S/C45H31N3O4/c49-42-36-22-24-38-41-39(25-23-37(40(36)41)43(50)47(42)33-20-18-32(19-21-33)31-14-7-8-15-31)45(52)48(44(38)51)35-17-9-16-34(26-35)46(27-29-10-3-1-4-11-29)28-30-12-5-2-6-13-30/h1-7,9-26H,8,27-28H2. The van der Waals surface area contributed by atoms with Crippen molar-refractivity contribution >= 4 is 57.0 Å². The van der Waals surface area contributed by atoms with Gasteiger partial charge in [0.25, 0.3) is 23.6 Å². The van der Waals surface area contributed by atoms with Gasteiger partial charge < -0.3 is 4.90 Å². The van der Waals surface area contributed by atoms with Gasteiger partial charge in [0.15, 0.2) is 0 Å². The molecule has 2 heterocycles. The second-order valence-electron chi connectivity index (χ2n) is 13.2. The van der Waals surface area contributed by atoms with Crippen molar-refractivity contribution in [1.82, 2.24) is 0 Å². The summed E-state index contributed by atoms with van der Waals surface area (Å²) < 4.78 is 0. The molecule has 7 heteroatoms. The quantitative estimate of drug-likeness (QED) is 0.150. The van der Waals surface area contributed by atoms with E-state index in [4.69, 9.17) is 0 Å². The SMILES string of the molecule is O=C1c2ccc3c4c(ccc(c24)C(=O)N1c1ccc(C2=CCC=C2)cc1)C(=O)N(c1cccc(N(Cc2ccccc2)Cc2ccccc2)c1)C3=O. The predicted molar refractivity (Wildman–Crippen MR) is 204 cm³/mol. The van der Waals surface area contributed by atoms with E-state index in [2.05, 4.69) is 47.4 Å². The highest BCUT2D eigenvalue weighted by Gasteiger charge is 2.40. The molecule has 0 saturated heterocycles. The van der Waals surface area contributed by atoms with Gasteiger partial charge in [-0.25, -0.2) is 9.80 Å². The average Bonchev–Trinajstić information content (AvgIpc) is 3.73. The Hall–Kier alpha value is -6.86. The third-order valence-corrected chi connectivity index (χ3v) is 10.0. The van der Waals surface area contributed by atoms with Gasteiger partial charge in [-0.3, -0.25) is 19.2 Å². The molecule has 0 radical (unpaired) electrons. The summed E-state index contributed by atoms with van der Waals surface area (Å²) in [6.45, 7) is 1.24. The average molecular weight is 678 g/mol. The molecule has 0 spiro atoms. The van der Waals surface area contributed by atoms with Gasteiger partial charge in [0.05, 0.1) is 11.4 Å². The molecule has 0 aromatic heterocycles. The maximum absolute atomic E-state index is 14.3. The summed E-state index contributed by atoms with van der Waals surface area (Å²) in [5.41, 5.74) is 7.16. The van der Waals surface area contributed by atoms with Crippen LogP contribution in [0.4, 0.5) is 17.1 Å². The Kier molecular flexibility index (Phi) is 7.47. The Morgan fingerprint density at radius 2 is 1.00 bits per heavy atom. The summed E-state index contributed by atoms with van der Waals surface area (Å²) in [6, 6.07) is 41.5. The molecule has 52 heavy (non-hydrogen) atoms. The predicted octanol–water partition coefficient (Wildman–Crippen LogP) is 8.99. The molecule has 1 aliphatic carbocycles. The smallest absolute Gasteiger partial charge is 0.265 e. The van der Waals surface area contributed by atoms with Crippen molar-refractivity contribution in [3.05, 3.63) is 191 Å². The van der Waals surface area contributed by atoms with Gasteiger partial charge >= 0.3 is 0 Å². The van der Waals surface area contributed by atoms with E-state index in [1.165, 1.54) is 9.80 Å². The van der Waals surface area contributed by atoms with Crippen LogP contribution < -0.4 is 14.7 Å². The number of hydrogen-bond acceptors (Lipinski definition) is 5. The zero-order valence-electron chi connectivity index (χ0n) is 28.0. The van der Waals surface area contributed by atoms with Gasteiger partial charge in [-0.2, -0.15) is 0 Å². The molecular weight excluding hydrogens is 647 g/mol. The first-order valence-corrected chi connectivity index (χ1v) is 17.2. The van der Waals surface area contributed by atoms with E-state index in [0.29, 0.717) is 35.2 Å². The molecule has 250 valence electrons. The van der Waals surface area contributed by atoms with Gasteiger partial charge in [-0.15, -0.1) is 0 Å². The molecule has 3 aliphatic rings. The zero-order chi connectivity index (χ0) is 35.3. The molecule has 6 aromatic rings. The number of benzene rings is 6. The molecule has 7 nitrogen and oxygen atoms in total. The lowest BCUT2D eigenvalue weighted by Gasteiger charge is -2.32. The number of carbonyl (C=O) groups is 4. The van der Waals surface area contributed by atoms with E-state index in [9.17, 15) is 19.2 Å². The van der Waals surface area contributed by atoms with Gasteiger partial charge in [0, 0.05) is 51.8 Å². The first kappa shape index (κ1) is 31.1. The number of imide groups is 2. The first-order valence-electron chi connectivity index (χ1n) is 17.2. The molecule has 0 N–H and O–H groups in total. The molecule has 0 bridgehead atoms. The Labute approximate surface area is 300 Å². The molecule has 0 atom stereocenters. The Bertz CT molecular complexity index is 2410. The molecular formula is C45H31N3O4. The van der Waals surface area contributed by atoms with Crippen molar-refractivity contribution in [3.8, 4) is 0 Å². The minimum Gasteiger partial charge on any atom is -0.363 e. The van der Waals surface area contributed by atoms with Crippen molar-refractivity contribution < 1.29 is 19.2 Å². The number of rotatable bonds is 8. The van der Waals surface area contributed by atoms with E-state index in [-0.39, 0.29) is 22.3 Å². The topological polar surface area (TPSA) is 78.0 Å². The highest BCUT2D eigenvalue weighted by atomic mass is 16.2. The monoisotopic (exact) mass is 677 g/mol. The lowest BCUT2D eigenvalue weighted by atomic mass is 9.85. The van der Waals surface area contributed by atoms with Crippen molar-refractivity contribution in [3.63, 3.8) is 0 Å². The van der Waals surface area contributed by atoms with E-state index in [0.717, 1.165) is 34.4 Å². The minimum atomic E-state index is -0.510. The third-order valence-electron chi connectivity index (χ3n) is 10.0. The van der Waals surface area contributed by atoms with Gasteiger partial charge in [-0.1, -0.05) is 97.1 Å². The molecule has 9 rings (SSSR count). The Balaban J connectivity index is 1.07. The van der Waals surface area contributed by atoms with Crippen molar-refractivity contribution in [2.75, 3.05) is 14.7 Å². The Morgan fingerprint density at radius 1 is 0.500 bits per heavy atom. The molecule has 2 aliphatic heterocycles. The number of nitrogens with zero attached hydrogens (tertiary/aromatic N) is 3. The molecule has 0 unspecified atom stereocenters. The largest absolute Gasteiger partial charge is 0.363 e. The normalized spacial score (nSPS) is 14.7. The van der Waals surface area contributed by atoms with Crippen LogP contribution in [0.2, 0.25) is 0 Å². The summed E-state index contributed by atoms with van der Waals surface area (Å²) in [7, 11) is 0. The highest BCUT2D eigenvalue weighted by Crippen LogP contribution is 2.41. The van der Waals surface area contributed by atoms with E-state index >= 15 is 0 Å². The van der Waals surface area contributed by atoms with Crippen LogP contribution in [0.3, 0.4) is 0 Å². The summed E-state index contributed by atoms with van der Waals surface area (Å²) in [5, 5.41) is 0.676. The van der Waals surface area contributed by atoms with Gasteiger partial charge in [0.1, 0.15) is 0 Å². The number of amides is 4. The van der Waals surface area contributed by atoms with E-state index in [1.807, 2.05) is 66.7 Å². The second kappa shape index (κ2) is 12.5. The van der Waals surface area contributed by atoms with Gasteiger partial charge in [0.2, 0.25) is 0 Å². The summed E-state index contributed by atoms with van der Waals surface area (Å²) in [6.07, 6.45) is 7.13. The van der Waals surface area contributed by atoms with Crippen molar-refractivity contribution in [2.45, 2.75) is 19.5 Å². The van der Waals surface area contributed by atoms with Crippen LogP contribution in [0.15, 0.2) is 152 Å². The lowest BCUT2D eigenvalue weighted by molar-refractivity contribution is 0.0873. The van der Waals surface area contributed by atoms with E-state index in [1.54, 1.807) is 42.5 Å². The molecule has 4 amide bonds. The number of allylic oxidation sites excluding steroid dienone is 4. The summed E-state index contributed by atoms with van der Waals surface area (Å²) in [4.78, 5) is 61.2. The number of hydrogen-bond donors (Lipinski definition) is 0. The molecule has 6 aromatic carbocycles. The van der Waals surface area contributed by atoms with Crippen LogP contribution in [-0.2, 0) is 13.1 Å². The first-order chi connectivity index (χ1) is 25.5. The van der Waals surface area contributed by atoms with Crippen LogP contribution in [0, 0.1) is 0 Å². The van der Waals surface area contributed by atoms with Crippen LogP contribution in [-0.4, -0.2) is 23.6 Å². The third kappa shape index (κ3) is 5.14. The fourth-order valence-electron chi connectivity index (χ4n) is 7.49. The van der Waals surface area contributed by atoms with Crippen LogP contribution in [0.1, 0.15) is 64.5 Å². The zero-order valence-corrected chi connectivity index (χ0v) is 28.0. The van der Waals surface area contributed by atoms with Crippen LogP contribution >= 0.6 is 0 Å². The fourth-order valence-corrected chi connectivity index (χ4v) is 7.49. The van der Waals surface area contributed by atoms with Crippen molar-refractivity contribution in [2.24, 2.45) is 0 Å². The molecule has 0 fully saturated rings. The van der Waals surface area contributed by atoms with E-state index < -0.39 is 23.6 Å².